The molecule has 4 heteroatoms. The van der Waals surface area contributed by atoms with Crippen molar-refractivity contribution in [2.24, 2.45) is 0 Å². The zero-order valence-electron chi connectivity index (χ0n) is 10.9. The van der Waals surface area contributed by atoms with Crippen LogP contribution in [0.4, 0.5) is 4.39 Å². The van der Waals surface area contributed by atoms with Gasteiger partial charge in [-0.3, -0.25) is 4.79 Å². The molecule has 1 N–H and O–H groups in total. The predicted molar refractivity (Wildman–Crippen MR) is 81.2 cm³/mol. The fourth-order valence-electron chi connectivity index (χ4n) is 1.91. The number of carbonyl (C=O) groups excluding carboxylic acids is 1. The third kappa shape index (κ3) is 4.17. The van der Waals surface area contributed by atoms with Crippen molar-refractivity contribution >= 4 is 21.8 Å². The maximum atomic E-state index is 12.9. The number of rotatable bonds is 5. The summed E-state index contributed by atoms with van der Waals surface area (Å²) >= 11 is 3.19. The summed E-state index contributed by atoms with van der Waals surface area (Å²) in [5.41, 5.74) is 1.70. The van der Waals surface area contributed by atoms with E-state index in [-0.39, 0.29) is 11.7 Å². The van der Waals surface area contributed by atoms with Crippen molar-refractivity contribution < 1.29 is 9.18 Å². The van der Waals surface area contributed by atoms with E-state index in [0.717, 1.165) is 12.8 Å². The second-order valence-corrected chi connectivity index (χ2v) is 5.32. The van der Waals surface area contributed by atoms with E-state index in [9.17, 15) is 9.18 Å². The van der Waals surface area contributed by atoms with Crippen LogP contribution < -0.4 is 5.32 Å². The van der Waals surface area contributed by atoms with Crippen LogP contribution in [0.5, 0.6) is 0 Å². The van der Waals surface area contributed by atoms with Gasteiger partial charge in [-0.15, -0.1) is 0 Å². The van der Waals surface area contributed by atoms with E-state index < -0.39 is 0 Å². The molecule has 0 aromatic heterocycles. The van der Waals surface area contributed by atoms with Crippen LogP contribution in [0.25, 0.3) is 0 Å². The van der Waals surface area contributed by atoms with Crippen LogP contribution in [-0.4, -0.2) is 12.5 Å². The smallest absolute Gasteiger partial charge is 0.252 e. The van der Waals surface area contributed by atoms with Gasteiger partial charge in [-0.05, 0) is 52.5 Å². The van der Waals surface area contributed by atoms with Crippen molar-refractivity contribution in [2.75, 3.05) is 6.54 Å². The standard InChI is InChI=1S/C16H15BrFNO/c17-15-11-13(18)8-9-14(15)16(20)19-10-4-7-12-5-2-1-3-6-12/h1-3,5-6,8-9,11H,4,7,10H2,(H,19,20). The third-order valence-electron chi connectivity index (χ3n) is 2.95. The number of hydrogen-bond acceptors (Lipinski definition) is 1. The van der Waals surface area contributed by atoms with Crippen LogP contribution in [0, 0.1) is 5.82 Å². The fourth-order valence-corrected chi connectivity index (χ4v) is 2.44. The SMILES string of the molecule is O=C(NCCCc1ccccc1)c1ccc(F)cc1Br. The number of carbonyl (C=O) groups is 1. The topological polar surface area (TPSA) is 29.1 Å². The first kappa shape index (κ1) is 14.7. The van der Waals surface area contributed by atoms with Crippen molar-refractivity contribution in [2.45, 2.75) is 12.8 Å². The number of hydrogen-bond donors (Lipinski definition) is 1. The Kier molecular flexibility index (Phi) is 5.30. The molecule has 20 heavy (non-hydrogen) atoms. The Morgan fingerprint density at radius 2 is 1.90 bits per heavy atom. The van der Waals surface area contributed by atoms with Crippen LogP contribution in [0.3, 0.4) is 0 Å². The van der Waals surface area contributed by atoms with Crippen molar-refractivity contribution in [3.8, 4) is 0 Å². The highest BCUT2D eigenvalue weighted by molar-refractivity contribution is 9.10. The van der Waals surface area contributed by atoms with Crippen LogP contribution in [0.2, 0.25) is 0 Å². The molecular weight excluding hydrogens is 321 g/mol. The average molecular weight is 336 g/mol. The molecule has 0 saturated heterocycles. The maximum absolute atomic E-state index is 12.9. The first-order valence-electron chi connectivity index (χ1n) is 6.44. The molecule has 0 unspecified atom stereocenters. The predicted octanol–water partition coefficient (Wildman–Crippen LogP) is 3.95. The van der Waals surface area contributed by atoms with E-state index in [1.165, 1.54) is 23.8 Å². The zero-order chi connectivity index (χ0) is 14.4. The first-order valence-corrected chi connectivity index (χ1v) is 7.23. The lowest BCUT2D eigenvalue weighted by Crippen LogP contribution is -2.25. The molecule has 0 atom stereocenters. The Morgan fingerprint density at radius 1 is 1.15 bits per heavy atom. The Hall–Kier alpha value is -1.68. The van der Waals surface area contributed by atoms with E-state index in [1.807, 2.05) is 18.2 Å². The highest BCUT2D eigenvalue weighted by Gasteiger charge is 2.09. The first-order chi connectivity index (χ1) is 9.66. The summed E-state index contributed by atoms with van der Waals surface area (Å²) in [5.74, 6) is -0.553. The third-order valence-corrected chi connectivity index (χ3v) is 3.60. The molecule has 0 saturated carbocycles. The summed E-state index contributed by atoms with van der Waals surface area (Å²) in [4.78, 5) is 11.9. The summed E-state index contributed by atoms with van der Waals surface area (Å²) < 4.78 is 13.4. The highest BCUT2D eigenvalue weighted by atomic mass is 79.9. The van der Waals surface area contributed by atoms with Gasteiger partial charge in [0.1, 0.15) is 5.82 Å². The van der Waals surface area contributed by atoms with E-state index in [0.29, 0.717) is 16.6 Å². The van der Waals surface area contributed by atoms with E-state index in [4.69, 9.17) is 0 Å². The maximum Gasteiger partial charge on any atom is 0.252 e. The summed E-state index contributed by atoms with van der Waals surface area (Å²) in [5, 5.41) is 2.84. The minimum atomic E-state index is -0.363. The number of amides is 1. The quantitative estimate of drug-likeness (QED) is 0.823. The van der Waals surface area contributed by atoms with Gasteiger partial charge < -0.3 is 5.32 Å². The number of nitrogens with one attached hydrogen (secondary N) is 1. The van der Waals surface area contributed by atoms with Crippen LogP contribution in [0.1, 0.15) is 22.3 Å². The monoisotopic (exact) mass is 335 g/mol. The van der Waals surface area contributed by atoms with Crippen molar-refractivity contribution in [1.29, 1.82) is 0 Å². The van der Waals surface area contributed by atoms with Gasteiger partial charge in [0.15, 0.2) is 0 Å². The molecule has 2 aromatic rings. The second-order valence-electron chi connectivity index (χ2n) is 4.47. The summed E-state index contributed by atoms with van der Waals surface area (Å²) in [6.45, 7) is 0.595. The summed E-state index contributed by atoms with van der Waals surface area (Å²) in [6, 6.07) is 14.2. The van der Waals surface area contributed by atoms with Gasteiger partial charge >= 0.3 is 0 Å². The lowest BCUT2D eigenvalue weighted by Gasteiger charge is -2.07. The van der Waals surface area contributed by atoms with Crippen LogP contribution in [0.15, 0.2) is 53.0 Å². The van der Waals surface area contributed by atoms with E-state index >= 15 is 0 Å². The average Bonchev–Trinajstić information content (AvgIpc) is 2.44. The van der Waals surface area contributed by atoms with Gasteiger partial charge in [0.2, 0.25) is 0 Å². The van der Waals surface area contributed by atoms with Crippen molar-refractivity contribution in [3.63, 3.8) is 0 Å². The van der Waals surface area contributed by atoms with Gasteiger partial charge in [-0.25, -0.2) is 4.39 Å². The molecule has 0 bridgehead atoms. The van der Waals surface area contributed by atoms with Gasteiger partial charge in [-0.2, -0.15) is 0 Å². The molecule has 104 valence electrons. The Labute approximate surface area is 126 Å². The Bertz CT molecular complexity index is 586. The van der Waals surface area contributed by atoms with Gasteiger partial charge in [0.05, 0.1) is 5.56 Å². The van der Waals surface area contributed by atoms with Gasteiger partial charge in [0, 0.05) is 11.0 Å². The van der Waals surface area contributed by atoms with Crippen molar-refractivity contribution in [3.05, 3.63) is 69.9 Å². The number of benzene rings is 2. The highest BCUT2D eigenvalue weighted by Crippen LogP contribution is 2.17. The van der Waals surface area contributed by atoms with Gasteiger partial charge in [0.25, 0.3) is 5.91 Å². The normalized spacial score (nSPS) is 10.3. The minimum Gasteiger partial charge on any atom is -0.352 e. The molecular formula is C16H15BrFNO. The summed E-state index contributed by atoms with van der Waals surface area (Å²) in [7, 11) is 0. The van der Waals surface area contributed by atoms with Crippen LogP contribution >= 0.6 is 15.9 Å². The molecule has 2 rings (SSSR count). The molecule has 2 nitrogen and oxygen atoms in total. The second kappa shape index (κ2) is 7.20. The molecule has 0 radical (unpaired) electrons. The molecule has 0 aliphatic heterocycles. The van der Waals surface area contributed by atoms with E-state index in [1.54, 1.807) is 0 Å². The Morgan fingerprint density at radius 3 is 2.60 bits per heavy atom. The zero-order valence-corrected chi connectivity index (χ0v) is 12.5. The summed E-state index contributed by atoms with van der Waals surface area (Å²) in [6.07, 6.45) is 1.79. The lowest BCUT2D eigenvalue weighted by molar-refractivity contribution is 0.0952. The van der Waals surface area contributed by atoms with Crippen molar-refractivity contribution in [1.82, 2.24) is 5.32 Å². The van der Waals surface area contributed by atoms with E-state index in [2.05, 4.69) is 33.4 Å². The molecule has 2 aromatic carbocycles. The molecule has 0 aliphatic carbocycles. The molecule has 0 heterocycles. The molecule has 0 aliphatic rings. The van der Waals surface area contributed by atoms with Gasteiger partial charge in [-0.1, -0.05) is 30.3 Å². The molecule has 0 spiro atoms. The fraction of sp³-hybridized carbons (Fsp3) is 0.188. The van der Waals surface area contributed by atoms with Crippen LogP contribution in [-0.2, 0) is 6.42 Å². The largest absolute Gasteiger partial charge is 0.352 e. The lowest BCUT2D eigenvalue weighted by atomic mass is 10.1. The minimum absolute atomic E-state index is 0.190. The number of aryl methyl sites for hydroxylation is 1. The number of halogens is 2. The molecule has 0 fully saturated rings. The Balaban J connectivity index is 1.80. The molecule has 1 amide bonds.